The maximum Gasteiger partial charge on any atom is 0.323 e. The van der Waals surface area contributed by atoms with E-state index in [2.05, 4.69) is 15.5 Å². The number of carboxylic acids is 1. The number of anilines is 1. The molecule has 24 heavy (non-hydrogen) atoms. The van der Waals surface area contributed by atoms with E-state index in [9.17, 15) is 15.0 Å². The van der Waals surface area contributed by atoms with Crippen molar-refractivity contribution in [3.63, 3.8) is 0 Å². The van der Waals surface area contributed by atoms with Crippen molar-refractivity contribution in [3.05, 3.63) is 35.9 Å². The average molecular weight is 326 g/mol. The molecule has 7 heteroatoms. The molecule has 5 N–H and O–H groups in total. The minimum absolute atomic E-state index is 0.0186. The molecule has 1 saturated carbocycles. The lowest BCUT2D eigenvalue weighted by Crippen LogP contribution is -2.53. The second kappa shape index (κ2) is 5.17. The molecule has 1 aromatic carbocycles. The van der Waals surface area contributed by atoms with Gasteiger partial charge in [0.2, 0.25) is 0 Å². The molecule has 2 heterocycles. The number of nitrogens with zero attached hydrogens (tertiary/aromatic N) is 2. The van der Waals surface area contributed by atoms with Crippen LogP contribution in [0.15, 0.2) is 30.3 Å². The van der Waals surface area contributed by atoms with Gasteiger partial charge in [-0.25, -0.2) is 0 Å². The van der Waals surface area contributed by atoms with Gasteiger partial charge in [-0.05, 0) is 37.5 Å². The second-order valence-corrected chi connectivity index (χ2v) is 6.61. The third kappa shape index (κ3) is 2.20. The van der Waals surface area contributed by atoms with E-state index in [1.165, 1.54) is 0 Å². The van der Waals surface area contributed by atoms with Gasteiger partial charge >= 0.3 is 5.97 Å². The van der Waals surface area contributed by atoms with Crippen molar-refractivity contribution in [2.45, 2.75) is 36.8 Å². The number of nitrogens with one attached hydrogen (secondary N) is 1. The predicted octanol–water partition coefficient (Wildman–Crippen LogP) is 1.69. The Bertz CT molecular complexity index is 825. The Kier molecular flexibility index (Phi) is 3.21. The molecule has 0 radical (unpaired) electrons. The number of carboxylic acid groups (broad SMARTS) is 1. The first-order chi connectivity index (χ1) is 11.5. The molecule has 4 rings (SSSR count). The van der Waals surface area contributed by atoms with Crippen molar-refractivity contribution >= 4 is 11.8 Å². The monoisotopic (exact) mass is 326 g/mol. The summed E-state index contributed by atoms with van der Waals surface area (Å²) < 4.78 is 0. The van der Waals surface area contributed by atoms with Gasteiger partial charge in [-0.1, -0.05) is 12.1 Å². The molecule has 3 atom stereocenters. The highest BCUT2D eigenvalue weighted by atomic mass is 16.4. The van der Waals surface area contributed by atoms with Crippen molar-refractivity contribution in [3.8, 4) is 17.0 Å². The molecule has 2 aromatic rings. The molecule has 1 fully saturated rings. The van der Waals surface area contributed by atoms with Gasteiger partial charge in [-0.3, -0.25) is 4.79 Å². The molecule has 2 aliphatic rings. The number of fused-ring (bicyclic) bond motifs is 3. The first-order valence-corrected chi connectivity index (χ1v) is 7.93. The zero-order chi connectivity index (χ0) is 16.9. The van der Waals surface area contributed by atoms with E-state index in [1.807, 2.05) is 12.1 Å². The van der Waals surface area contributed by atoms with E-state index in [0.29, 0.717) is 36.3 Å². The number of benzene rings is 1. The maximum absolute atomic E-state index is 11.5. The van der Waals surface area contributed by atoms with Crippen LogP contribution in [0.1, 0.15) is 30.7 Å². The van der Waals surface area contributed by atoms with E-state index in [4.69, 9.17) is 5.73 Å². The van der Waals surface area contributed by atoms with Gasteiger partial charge in [-0.2, -0.15) is 0 Å². The van der Waals surface area contributed by atoms with E-state index < -0.39 is 11.5 Å². The van der Waals surface area contributed by atoms with Gasteiger partial charge in [0.15, 0.2) is 5.82 Å². The Balaban J connectivity index is 1.73. The number of aromatic nitrogens is 2. The third-order valence-corrected chi connectivity index (χ3v) is 5.12. The number of carbonyl (C=O) groups is 1. The summed E-state index contributed by atoms with van der Waals surface area (Å²) in [5.41, 5.74) is 6.97. The van der Waals surface area contributed by atoms with Gasteiger partial charge in [0.05, 0.1) is 5.69 Å². The number of nitrogens with two attached hydrogens (primary N) is 1. The zero-order valence-electron chi connectivity index (χ0n) is 12.9. The molecule has 1 aliphatic heterocycles. The van der Waals surface area contributed by atoms with Crippen molar-refractivity contribution in [1.82, 2.24) is 10.2 Å². The normalized spacial score (nSPS) is 27.9. The SMILES string of the molecule is N[C@]1(C(=O)O)CCC2Nc3nnc(-c4ccccc4O)cc3C2C1. The molecule has 0 amide bonds. The molecule has 2 unspecified atom stereocenters. The topological polar surface area (TPSA) is 121 Å². The molecule has 0 bridgehead atoms. The minimum Gasteiger partial charge on any atom is -0.507 e. The zero-order valence-corrected chi connectivity index (χ0v) is 12.9. The number of phenols is 1. The Morgan fingerprint density at radius 3 is 2.88 bits per heavy atom. The summed E-state index contributed by atoms with van der Waals surface area (Å²) in [5, 5.41) is 31.2. The van der Waals surface area contributed by atoms with Crippen LogP contribution < -0.4 is 11.1 Å². The molecular formula is C17H18N4O3. The second-order valence-electron chi connectivity index (χ2n) is 6.61. The molecule has 7 nitrogen and oxygen atoms in total. The lowest BCUT2D eigenvalue weighted by Gasteiger charge is -2.36. The Morgan fingerprint density at radius 2 is 2.12 bits per heavy atom. The predicted molar refractivity (Wildman–Crippen MR) is 87.7 cm³/mol. The number of aliphatic carboxylic acids is 1. The summed E-state index contributed by atoms with van der Waals surface area (Å²) >= 11 is 0. The van der Waals surface area contributed by atoms with E-state index in [-0.39, 0.29) is 17.7 Å². The van der Waals surface area contributed by atoms with Crippen LogP contribution in [0.3, 0.4) is 0 Å². The molecule has 1 aliphatic carbocycles. The maximum atomic E-state index is 11.5. The number of aromatic hydroxyl groups is 1. The highest BCUT2D eigenvalue weighted by molar-refractivity contribution is 5.79. The highest BCUT2D eigenvalue weighted by Crippen LogP contribution is 2.46. The van der Waals surface area contributed by atoms with Crippen LogP contribution in [0, 0.1) is 0 Å². The fourth-order valence-corrected chi connectivity index (χ4v) is 3.74. The van der Waals surface area contributed by atoms with Crippen LogP contribution in [-0.2, 0) is 4.79 Å². The van der Waals surface area contributed by atoms with Crippen LogP contribution in [0.25, 0.3) is 11.3 Å². The van der Waals surface area contributed by atoms with Gasteiger partial charge < -0.3 is 21.3 Å². The van der Waals surface area contributed by atoms with Crippen LogP contribution in [0.4, 0.5) is 5.82 Å². The minimum atomic E-state index is -1.21. The molecule has 0 saturated heterocycles. The van der Waals surface area contributed by atoms with Gasteiger partial charge in [0.25, 0.3) is 0 Å². The lowest BCUT2D eigenvalue weighted by molar-refractivity contribution is -0.144. The smallest absolute Gasteiger partial charge is 0.323 e. The van der Waals surface area contributed by atoms with Gasteiger partial charge in [0.1, 0.15) is 11.3 Å². The van der Waals surface area contributed by atoms with Crippen molar-refractivity contribution in [2.75, 3.05) is 5.32 Å². The first kappa shape index (κ1) is 14.9. The summed E-state index contributed by atoms with van der Waals surface area (Å²) in [6.07, 6.45) is 1.47. The van der Waals surface area contributed by atoms with Crippen LogP contribution in [-0.4, -0.2) is 38.0 Å². The summed E-state index contributed by atoms with van der Waals surface area (Å²) in [7, 11) is 0. The Labute approximate surface area is 138 Å². The Hall–Kier alpha value is -2.67. The van der Waals surface area contributed by atoms with Gasteiger partial charge in [0, 0.05) is 23.1 Å². The van der Waals surface area contributed by atoms with Crippen molar-refractivity contribution in [2.24, 2.45) is 5.73 Å². The van der Waals surface area contributed by atoms with Gasteiger partial charge in [-0.15, -0.1) is 10.2 Å². The standard InChI is InChI=1S/C17H18N4O3/c18-17(16(23)24)6-5-12-11(8-17)10-7-13(20-21-15(10)19-12)9-3-1-2-4-14(9)22/h1-4,7,11-12,22H,5-6,8,18H2,(H,19,21)(H,23,24)/t11?,12?,17-/m1/s1. The number of rotatable bonds is 2. The van der Waals surface area contributed by atoms with Crippen LogP contribution in [0.2, 0.25) is 0 Å². The summed E-state index contributed by atoms with van der Waals surface area (Å²) in [5.74, 6) is -0.164. The number of phenolic OH excluding ortho intramolecular Hbond substituents is 1. The summed E-state index contributed by atoms with van der Waals surface area (Å²) in [6.45, 7) is 0. The summed E-state index contributed by atoms with van der Waals surface area (Å²) in [6, 6.07) is 8.94. The van der Waals surface area contributed by atoms with E-state index in [1.54, 1.807) is 18.2 Å². The number of hydrogen-bond acceptors (Lipinski definition) is 6. The third-order valence-electron chi connectivity index (χ3n) is 5.12. The fraction of sp³-hybridized carbons (Fsp3) is 0.353. The quantitative estimate of drug-likeness (QED) is 0.662. The highest BCUT2D eigenvalue weighted by Gasteiger charge is 2.47. The summed E-state index contributed by atoms with van der Waals surface area (Å²) in [4.78, 5) is 11.5. The van der Waals surface area contributed by atoms with Crippen LogP contribution >= 0.6 is 0 Å². The lowest BCUT2D eigenvalue weighted by atomic mass is 9.72. The average Bonchev–Trinajstić information content (AvgIpc) is 2.92. The van der Waals surface area contributed by atoms with E-state index in [0.717, 1.165) is 5.56 Å². The van der Waals surface area contributed by atoms with E-state index >= 15 is 0 Å². The largest absolute Gasteiger partial charge is 0.507 e. The fourth-order valence-electron chi connectivity index (χ4n) is 3.74. The molecule has 1 aromatic heterocycles. The first-order valence-electron chi connectivity index (χ1n) is 7.93. The van der Waals surface area contributed by atoms with Crippen molar-refractivity contribution in [1.29, 1.82) is 0 Å². The molecule has 0 spiro atoms. The Morgan fingerprint density at radius 1 is 1.33 bits per heavy atom. The van der Waals surface area contributed by atoms with Crippen molar-refractivity contribution < 1.29 is 15.0 Å². The molecule has 124 valence electrons. The molecular weight excluding hydrogens is 308 g/mol. The number of hydrogen-bond donors (Lipinski definition) is 4. The number of para-hydroxylation sites is 1. The van der Waals surface area contributed by atoms with Crippen LogP contribution in [0.5, 0.6) is 5.75 Å².